The molecule has 100 valence electrons. The van der Waals surface area contributed by atoms with E-state index in [0.29, 0.717) is 0 Å². The van der Waals surface area contributed by atoms with Gasteiger partial charge in [0, 0.05) is 27.0 Å². The summed E-state index contributed by atoms with van der Waals surface area (Å²) in [5.74, 6) is 6.50. The molecule has 1 atom stereocenters. The smallest absolute Gasteiger partial charge is 0.0569 e. The molecule has 0 fully saturated rings. The number of aryl methyl sites for hydroxylation is 1. The zero-order valence-electron chi connectivity index (χ0n) is 10.6. The van der Waals surface area contributed by atoms with E-state index >= 15 is 0 Å². The lowest BCUT2D eigenvalue weighted by Gasteiger charge is -2.15. The summed E-state index contributed by atoms with van der Waals surface area (Å²) in [4.78, 5) is 5.53. The number of hydrazine groups is 1. The fourth-order valence-corrected chi connectivity index (χ4v) is 2.88. The Morgan fingerprint density at radius 1 is 1.26 bits per heavy atom. The van der Waals surface area contributed by atoms with Crippen molar-refractivity contribution in [2.45, 2.75) is 17.9 Å². The average Bonchev–Trinajstić information content (AvgIpc) is 2.43. The van der Waals surface area contributed by atoms with Crippen molar-refractivity contribution in [3.8, 4) is 0 Å². The van der Waals surface area contributed by atoms with Crippen molar-refractivity contribution in [3.05, 3.63) is 58.3 Å². The van der Waals surface area contributed by atoms with E-state index in [1.807, 2.05) is 31.3 Å². The highest BCUT2D eigenvalue weighted by Crippen LogP contribution is 2.25. The Balaban J connectivity index is 1.99. The summed E-state index contributed by atoms with van der Waals surface area (Å²) < 4.78 is 1.09. The van der Waals surface area contributed by atoms with Crippen LogP contribution in [0.3, 0.4) is 0 Å². The molecule has 0 aliphatic rings. The van der Waals surface area contributed by atoms with Crippen LogP contribution in [0.2, 0.25) is 0 Å². The van der Waals surface area contributed by atoms with Gasteiger partial charge in [0.2, 0.25) is 0 Å². The van der Waals surface area contributed by atoms with Gasteiger partial charge in [0.05, 0.1) is 6.04 Å². The predicted octanol–water partition coefficient (Wildman–Crippen LogP) is 3.45. The molecule has 1 unspecified atom stereocenters. The van der Waals surface area contributed by atoms with E-state index in [1.165, 1.54) is 4.90 Å². The molecule has 1 aromatic carbocycles. The maximum atomic E-state index is 5.63. The molecule has 0 saturated carbocycles. The van der Waals surface area contributed by atoms with Gasteiger partial charge in [-0.15, -0.1) is 11.8 Å². The number of hydrogen-bond donors (Lipinski definition) is 2. The first-order valence-electron chi connectivity index (χ1n) is 5.96. The number of rotatable bonds is 5. The van der Waals surface area contributed by atoms with Crippen molar-refractivity contribution < 1.29 is 0 Å². The first-order valence-corrected chi connectivity index (χ1v) is 7.74. The SMILES string of the molecule is Cc1ccc(C(CSc2ccc(Br)cc2)NN)cn1. The Morgan fingerprint density at radius 2 is 2.00 bits per heavy atom. The Morgan fingerprint density at radius 3 is 2.58 bits per heavy atom. The van der Waals surface area contributed by atoms with Gasteiger partial charge in [0.25, 0.3) is 0 Å². The third kappa shape index (κ3) is 4.31. The molecule has 5 heteroatoms. The zero-order chi connectivity index (χ0) is 13.7. The maximum Gasteiger partial charge on any atom is 0.0569 e. The second-order valence-corrected chi connectivity index (χ2v) is 6.23. The van der Waals surface area contributed by atoms with Crippen molar-refractivity contribution in [2.24, 2.45) is 5.84 Å². The van der Waals surface area contributed by atoms with E-state index in [-0.39, 0.29) is 6.04 Å². The molecule has 0 amide bonds. The van der Waals surface area contributed by atoms with Crippen LogP contribution in [0.4, 0.5) is 0 Å². The van der Waals surface area contributed by atoms with Crippen molar-refractivity contribution in [2.75, 3.05) is 5.75 Å². The average molecular weight is 338 g/mol. The monoisotopic (exact) mass is 337 g/mol. The van der Waals surface area contributed by atoms with Gasteiger partial charge >= 0.3 is 0 Å². The van der Waals surface area contributed by atoms with E-state index in [2.05, 4.69) is 44.5 Å². The lowest BCUT2D eigenvalue weighted by Crippen LogP contribution is -2.29. The molecule has 2 aromatic rings. The van der Waals surface area contributed by atoms with Gasteiger partial charge in [0.15, 0.2) is 0 Å². The second-order valence-electron chi connectivity index (χ2n) is 4.22. The first kappa shape index (κ1) is 14.5. The zero-order valence-corrected chi connectivity index (χ0v) is 13.0. The number of pyridine rings is 1. The minimum absolute atomic E-state index is 0.0988. The summed E-state index contributed by atoms with van der Waals surface area (Å²) >= 11 is 5.20. The van der Waals surface area contributed by atoms with Crippen molar-refractivity contribution in [1.82, 2.24) is 10.4 Å². The Hall–Kier alpha value is -0.880. The second kappa shape index (κ2) is 7.05. The molecular formula is C14H16BrN3S. The number of thioether (sulfide) groups is 1. The van der Waals surface area contributed by atoms with Crippen LogP contribution in [0.15, 0.2) is 52.0 Å². The van der Waals surface area contributed by atoms with Gasteiger partial charge in [-0.25, -0.2) is 0 Å². The van der Waals surface area contributed by atoms with Gasteiger partial charge in [-0.2, -0.15) is 0 Å². The van der Waals surface area contributed by atoms with Crippen LogP contribution in [0.25, 0.3) is 0 Å². The van der Waals surface area contributed by atoms with Gasteiger partial charge < -0.3 is 0 Å². The normalized spacial score (nSPS) is 12.4. The van der Waals surface area contributed by atoms with Crippen LogP contribution in [0.1, 0.15) is 17.3 Å². The van der Waals surface area contributed by atoms with Crippen LogP contribution in [0, 0.1) is 6.92 Å². The first-order chi connectivity index (χ1) is 9.19. The van der Waals surface area contributed by atoms with Gasteiger partial charge in [-0.05, 0) is 42.8 Å². The number of aromatic nitrogens is 1. The molecule has 3 nitrogen and oxygen atoms in total. The minimum atomic E-state index is 0.0988. The molecule has 0 saturated heterocycles. The minimum Gasteiger partial charge on any atom is -0.271 e. The van der Waals surface area contributed by atoms with Crippen LogP contribution in [0.5, 0.6) is 0 Å². The summed E-state index contributed by atoms with van der Waals surface area (Å²) in [7, 11) is 0. The molecule has 1 heterocycles. The highest BCUT2D eigenvalue weighted by molar-refractivity contribution is 9.10. The predicted molar refractivity (Wildman–Crippen MR) is 83.9 cm³/mol. The fourth-order valence-electron chi connectivity index (χ4n) is 1.64. The van der Waals surface area contributed by atoms with Crippen LogP contribution < -0.4 is 11.3 Å². The Kier molecular flexibility index (Phi) is 5.39. The van der Waals surface area contributed by atoms with Crippen LogP contribution in [-0.4, -0.2) is 10.7 Å². The van der Waals surface area contributed by atoms with Gasteiger partial charge in [0.1, 0.15) is 0 Å². The summed E-state index contributed by atoms with van der Waals surface area (Å²) in [6.07, 6.45) is 1.88. The largest absolute Gasteiger partial charge is 0.271 e. The van der Waals surface area contributed by atoms with Crippen LogP contribution in [-0.2, 0) is 0 Å². The number of halogens is 1. The van der Waals surface area contributed by atoms with E-state index in [1.54, 1.807) is 11.8 Å². The number of benzene rings is 1. The molecule has 19 heavy (non-hydrogen) atoms. The lowest BCUT2D eigenvalue weighted by molar-refractivity contribution is 0.608. The summed E-state index contributed by atoms with van der Waals surface area (Å²) in [5.41, 5.74) is 4.97. The summed E-state index contributed by atoms with van der Waals surface area (Å²) in [6, 6.07) is 12.4. The molecule has 0 radical (unpaired) electrons. The van der Waals surface area contributed by atoms with E-state index in [4.69, 9.17) is 5.84 Å². The van der Waals surface area contributed by atoms with E-state index < -0.39 is 0 Å². The van der Waals surface area contributed by atoms with Crippen molar-refractivity contribution in [3.63, 3.8) is 0 Å². The maximum absolute atomic E-state index is 5.63. The molecule has 0 aliphatic heterocycles. The van der Waals surface area contributed by atoms with Gasteiger partial charge in [-0.1, -0.05) is 22.0 Å². The van der Waals surface area contributed by atoms with Crippen LogP contribution >= 0.6 is 27.7 Å². The Bertz CT molecular complexity index is 513. The molecule has 0 bridgehead atoms. The standard InChI is InChI=1S/C14H16BrN3S/c1-10-2-3-11(8-17-10)14(18-16)9-19-13-6-4-12(15)5-7-13/h2-8,14,18H,9,16H2,1H3. The quantitative estimate of drug-likeness (QED) is 0.498. The van der Waals surface area contributed by atoms with Crippen molar-refractivity contribution >= 4 is 27.7 Å². The number of nitrogens with one attached hydrogen (secondary N) is 1. The fraction of sp³-hybridized carbons (Fsp3) is 0.214. The topological polar surface area (TPSA) is 50.9 Å². The number of nitrogens with two attached hydrogens (primary N) is 1. The number of hydrogen-bond acceptors (Lipinski definition) is 4. The highest BCUT2D eigenvalue weighted by Gasteiger charge is 2.10. The van der Waals surface area contributed by atoms with Crippen molar-refractivity contribution in [1.29, 1.82) is 0 Å². The third-order valence-electron chi connectivity index (χ3n) is 2.77. The van der Waals surface area contributed by atoms with E-state index in [0.717, 1.165) is 21.5 Å². The molecule has 0 aliphatic carbocycles. The Labute approximate surface area is 126 Å². The summed E-state index contributed by atoms with van der Waals surface area (Å²) in [5, 5.41) is 0. The number of nitrogens with zero attached hydrogens (tertiary/aromatic N) is 1. The molecular weight excluding hydrogens is 322 g/mol. The molecule has 3 N–H and O–H groups in total. The van der Waals surface area contributed by atoms with E-state index in [9.17, 15) is 0 Å². The third-order valence-corrected chi connectivity index (χ3v) is 4.40. The lowest BCUT2D eigenvalue weighted by atomic mass is 10.1. The molecule has 2 rings (SSSR count). The molecule has 1 aromatic heterocycles. The molecule has 0 spiro atoms. The highest BCUT2D eigenvalue weighted by atomic mass is 79.9. The summed E-state index contributed by atoms with van der Waals surface area (Å²) in [6.45, 7) is 1.98. The van der Waals surface area contributed by atoms with Gasteiger partial charge in [-0.3, -0.25) is 16.3 Å².